The molecule has 2 amide bonds. The third kappa shape index (κ3) is 4.20. The van der Waals surface area contributed by atoms with Gasteiger partial charge in [0, 0.05) is 41.8 Å². The zero-order valence-corrected chi connectivity index (χ0v) is 16.7. The fourth-order valence-electron chi connectivity index (χ4n) is 3.95. The number of aryl methyl sites for hydroxylation is 1. The van der Waals surface area contributed by atoms with E-state index in [4.69, 9.17) is 0 Å². The molecule has 5 nitrogen and oxygen atoms in total. The number of amides is 2. The number of aromatic amines is 1. The van der Waals surface area contributed by atoms with E-state index < -0.39 is 17.7 Å². The standard InChI is InChI=1S/C23H23F2N3O2/c1-14-4-7-18-16(12-26-21(18)9-14)10-22(29)27-20-3-2-8-28(23(20)30)13-15-5-6-17(24)11-19(15)25/h4-7,9,11-12,20,26H,2-3,8,10,13H2,1H3,(H,27,29). The van der Waals surface area contributed by atoms with Gasteiger partial charge >= 0.3 is 0 Å². The molecule has 0 aliphatic carbocycles. The third-order valence-electron chi connectivity index (χ3n) is 5.52. The molecule has 1 unspecified atom stereocenters. The second kappa shape index (κ2) is 8.26. The van der Waals surface area contributed by atoms with Crippen molar-refractivity contribution in [3.05, 3.63) is 70.9 Å². The summed E-state index contributed by atoms with van der Waals surface area (Å²) >= 11 is 0. The smallest absolute Gasteiger partial charge is 0.245 e. The highest BCUT2D eigenvalue weighted by Crippen LogP contribution is 2.21. The molecule has 1 aliphatic heterocycles. The summed E-state index contributed by atoms with van der Waals surface area (Å²) in [5.41, 5.74) is 3.23. The molecule has 3 aromatic rings. The summed E-state index contributed by atoms with van der Waals surface area (Å²) in [6.45, 7) is 2.54. The van der Waals surface area contributed by atoms with Gasteiger partial charge in [0.05, 0.1) is 6.42 Å². The Labute approximate surface area is 173 Å². The van der Waals surface area contributed by atoms with Crippen LogP contribution in [0.3, 0.4) is 0 Å². The van der Waals surface area contributed by atoms with Crippen LogP contribution in [0.15, 0.2) is 42.6 Å². The minimum Gasteiger partial charge on any atom is -0.361 e. The molecule has 1 fully saturated rings. The van der Waals surface area contributed by atoms with Gasteiger partial charge in [0.1, 0.15) is 17.7 Å². The quantitative estimate of drug-likeness (QED) is 0.674. The van der Waals surface area contributed by atoms with Crippen molar-refractivity contribution in [1.29, 1.82) is 0 Å². The SMILES string of the molecule is Cc1ccc2c(CC(=O)NC3CCCN(Cc4ccc(F)cc4F)C3=O)c[nH]c2c1. The number of nitrogens with one attached hydrogen (secondary N) is 2. The van der Waals surface area contributed by atoms with E-state index in [2.05, 4.69) is 10.3 Å². The molecule has 156 valence electrons. The number of hydrogen-bond acceptors (Lipinski definition) is 2. The summed E-state index contributed by atoms with van der Waals surface area (Å²) in [5.74, 6) is -1.81. The Bertz CT molecular complexity index is 1110. The summed E-state index contributed by atoms with van der Waals surface area (Å²) in [6, 6.07) is 8.69. The van der Waals surface area contributed by atoms with Crippen molar-refractivity contribution in [1.82, 2.24) is 15.2 Å². The Morgan fingerprint density at radius 3 is 2.83 bits per heavy atom. The Morgan fingerprint density at radius 1 is 1.20 bits per heavy atom. The maximum absolute atomic E-state index is 14.0. The predicted octanol–water partition coefficient (Wildman–Crippen LogP) is 3.60. The van der Waals surface area contributed by atoms with Gasteiger partial charge in [-0.05, 0) is 43.0 Å². The van der Waals surface area contributed by atoms with Gasteiger partial charge in [0.2, 0.25) is 11.8 Å². The summed E-state index contributed by atoms with van der Waals surface area (Å²) in [4.78, 5) is 30.1. The van der Waals surface area contributed by atoms with Crippen molar-refractivity contribution in [2.75, 3.05) is 6.54 Å². The lowest BCUT2D eigenvalue weighted by molar-refractivity contribution is -0.139. The molecule has 2 N–H and O–H groups in total. The number of aromatic nitrogens is 1. The molecule has 0 saturated carbocycles. The number of hydrogen-bond donors (Lipinski definition) is 2. The third-order valence-corrected chi connectivity index (χ3v) is 5.52. The molecule has 0 spiro atoms. The monoisotopic (exact) mass is 411 g/mol. The van der Waals surface area contributed by atoms with Crippen LogP contribution >= 0.6 is 0 Å². The first kappa shape index (κ1) is 20.1. The Kier molecular flexibility index (Phi) is 5.53. The summed E-state index contributed by atoms with van der Waals surface area (Å²) in [6.07, 6.45) is 3.22. The van der Waals surface area contributed by atoms with Gasteiger partial charge < -0.3 is 15.2 Å². The van der Waals surface area contributed by atoms with Crippen LogP contribution in [0.4, 0.5) is 8.78 Å². The molecule has 2 heterocycles. The van der Waals surface area contributed by atoms with Crippen molar-refractivity contribution < 1.29 is 18.4 Å². The average Bonchev–Trinajstić information content (AvgIpc) is 3.08. The van der Waals surface area contributed by atoms with E-state index in [9.17, 15) is 18.4 Å². The van der Waals surface area contributed by atoms with Crippen LogP contribution in [0, 0.1) is 18.6 Å². The maximum atomic E-state index is 14.0. The van der Waals surface area contributed by atoms with Gasteiger partial charge in [-0.3, -0.25) is 9.59 Å². The minimum absolute atomic E-state index is 0.0547. The second-order valence-electron chi connectivity index (χ2n) is 7.80. The van der Waals surface area contributed by atoms with Crippen LogP contribution in [0.1, 0.15) is 29.5 Å². The Hall–Kier alpha value is -3.22. The van der Waals surface area contributed by atoms with Crippen LogP contribution < -0.4 is 5.32 Å². The van der Waals surface area contributed by atoms with Gasteiger partial charge in [-0.15, -0.1) is 0 Å². The minimum atomic E-state index is -0.677. The lowest BCUT2D eigenvalue weighted by Crippen LogP contribution is -2.52. The van der Waals surface area contributed by atoms with Crippen LogP contribution in [0.5, 0.6) is 0 Å². The van der Waals surface area contributed by atoms with E-state index in [0.717, 1.165) is 28.1 Å². The summed E-state index contributed by atoms with van der Waals surface area (Å²) in [5, 5.41) is 3.81. The zero-order chi connectivity index (χ0) is 21.3. The fourth-order valence-corrected chi connectivity index (χ4v) is 3.95. The average molecular weight is 411 g/mol. The largest absolute Gasteiger partial charge is 0.361 e. The number of nitrogens with zero attached hydrogens (tertiary/aromatic N) is 1. The molecule has 30 heavy (non-hydrogen) atoms. The van der Waals surface area contributed by atoms with Gasteiger partial charge in [0.25, 0.3) is 0 Å². The molecule has 1 atom stereocenters. The van der Waals surface area contributed by atoms with Crippen LogP contribution in [0.25, 0.3) is 10.9 Å². The van der Waals surface area contributed by atoms with Gasteiger partial charge in [-0.25, -0.2) is 8.78 Å². The van der Waals surface area contributed by atoms with Gasteiger partial charge in [-0.1, -0.05) is 18.2 Å². The normalized spacial score (nSPS) is 16.8. The van der Waals surface area contributed by atoms with E-state index in [0.29, 0.717) is 19.4 Å². The van der Waals surface area contributed by atoms with E-state index in [1.54, 1.807) is 0 Å². The molecule has 0 bridgehead atoms. The molecule has 1 saturated heterocycles. The van der Waals surface area contributed by atoms with Crippen molar-refractivity contribution in [3.63, 3.8) is 0 Å². The molecular weight excluding hydrogens is 388 g/mol. The lowest BCUT2D eigenvalue weighted by atomic mass is 10.0. The van der Waals surface area contributed by atoms with E-state index >= 15 is 0 Å². The first-order valence-electron chi connectivity index (χ1n) is 9.99. The number of benzene rings is 2. The number of carbonyl (C=O) groups excluding carboxylic acids is 2. The first-order valence-corrected chi connectivity index (χ1v) is 9.99. The van der Waals surface area contributed by atoms with E-state index in [1.807, 2.05) is 31.3 Å². The molecule has 1 aliphatic rings. The topological polar surface area (TPSA) is 65.2 Å². The lowest BCUT2D eigenvalue weighted by Gasteiger charge is -2.32. The van der Waals surface area contributed by atoms with Crippen LogP contribution in [0.2, 0.25) is 0 Å². The Morgan fingerprint density at radius 2 is 2.03 bits per heavy atom. The zero-order valence-electron chi connectivity index (χ0n) is 16.7. The summed E-state index contributed by atoms with van der Waals surface area (Å²) in [7, 11) is 0. The number of fused-ring (bicyclic) bond motifs is 1. The van der Waals surface area contributed by atoms with Crippen LogP contribution in [-0.2, 0) is 22.6 Å². The van der Waals surface area contributed by atoms with Crippen LogP contribution in [-0.4, -0.2) is 34.3 Å². The molecule has 1 aromatic heterocycles. The first-order chi connectivity index (χ1) is 14.4. The molecule has 7 heteroatoms. The maximum Gasteiger partial charge on any atom is 0.245 e. The van der Waals surface area contributed by atoms with E-state index in [1.165, 1.54) is 17.0 Å². The van der Waals surface area contributed by atoms with Crippen molar-refractivity contribution in [3.8, 4) is 0 Å². The molecule has 0 radical (unpaired) electrons. The number of piperidine rings is 1. The highest BCUT2D eigenvalue weighted by atomic mass is 19.1. The fraction of sp³-hybridized carbons (Fsp3) is 0.304. The highest BCUT2D eigenvalue weighted by molar-refractivity contribution is 5.92. The van der Waals surface area contributed by atoms with Crippen molar-refractivity contribution >= 4 is 22.7 Å². The van der Waals surface area contributed by atoms with Gasteiger partial charge in [-0.2, -0.15) is 0 Å². The summed E-state index contributed by atoms with van der Waals surface area (Å²) < 4.78 is 27.1. The highest BCUT2D eigenvalue weighted by Gasteiger charge is 2.30. The van der Waals surface area contributed by atoms with Gasteiger partial charge in [0.15, 0.2) is 0 Å². The number of H-pyrrole nitrogens is 1. The number of halogens is 2. The molecule has 4 rings (SSSR count). The molecule has 2 aromatic carbocycles. The number of likely N-dealkylation sites (tertiary alicyclic amines) is 1. The Balaban J connectivity index is 1.41. The van der Waals surface area contributed by atoms with E-state index in [-0.39, 0.29) is 30.3 Å². The van der Waals surface area contributed by atoms with Crippen molar-refractivity contribution in [2.45, 2.75) is 38.8 Å². The predicted molar refractivity (Wildman–Crippen MR) is 110 cm³/mol. The molecular formula is C23H23F2N3O2. The van der Waals surface area contributed by atoms with Crippen molar-refractivity contribution in [2.24, 2.45) is 0 Å². The number of carbonyl (C=O) groups is 2. The number of rotatable bonds is 5. The second-order valence-corrected chi connectivity index (χ2v) is 7.80.